The van der Waals surface area contributed by atoms with Crippen LogP contribution in [0.15, 0.2) is 12.7 Å². The van der Waals surface area contributed by atoms with E-state index in [2.05, 4.69) is 31.1 Å². The molecule has 0 saturated carbocycles. The van der Waals surface area contributed by atoms with Crippen molar-refractivity contribution in [2.45, 2.75) is 79.7 Å². The van der Waals surface area contributed by atoms with Crippen molar-refractivity contribution >= 4 is 23.5 Å². The van der Waals surface area contributed by atoms with Gasteiger partial charge >= 0.3 is 0 Å². The van der Waals surface area contributed by atoms with Crippen molar-refractivity contribution in [3.63, 3.8) is 0 Å². The Morgan fingerprint density at radius 2 is 1.63 bits per heavy atom. The average Bonchev–Trinajstić information content (AvgIpc) is 3.28. The molecule has 176 valence electrons. The van der Waals surface area contributed by atoms with E-state index >= 15 is 0 Å². The molecule has 8 nitrogen and oxygen atoms in total. The quantitative estimate of drug-likeness (QED) is 0.384. The van der Waals surface area contributed by atoms with Crippen LogP contribution in [0.25, 0.3) is 0 Å². The average molecular weight is 429 g/mol. The number of nitrogens with zero attached hydrogens (tertiary/aromatic N) is 1. The van der Waals surface area contributed by atoms with Gasteiger partial charge < -0.3 is 21.3 Å². The number of hydrogen-bond donors (Lipinski definition) is 3. The first-order valence-corrected chi connectivity index (χ1v) is 11.1. The van der Waals surface area contributed by atoms with Gasteiger partial charge in [-0.1, -0.05) is 66.9 Å². The highest BCUT2D eigenvalue weighted by molar-refractivity contribution is 6.37. The van der Waals surface area contributed by atoms with Gasteiger partial charge in [0.25, 0.3) is 5.91 Å². The van der Waals surface area contributed by atoms with Crippen LogP contribution < -0.4 is 16.4 Å². The molecule has 1 atom stereocenters. The molecule has 0 radical (unpaired) electrons. The zero-order chi connectivity index (χ0) is 23.9. The van der Waals surface area contributed by atoms with Crippen LogP contribution in [0.5, 0.6) is 0 Å². The van der Waals surface area contributed by atoms with E-state index in [-0.39, 0.29) is 19.0 Å². The summed E-state index contributed by atoms with van der Waals surface area (Å²) in [6.45, 7) is 15.9. The molecule has 4 N–H and O–H groups in total. The van der Waals surface area contributed by atoms with Gasteiger partial charge in [-0.15, -0.1) is 6.58 Å². The van der Waals surface area contributed by atoms with E-state index in [1.165, 1.54) is 30.2 Å². The van der Waals surface area contributed by atoms with Gasteiger partial charge in [0.2, 0.25) is 17.6 Å². The smallest absolute Gasteiger partial charge is 0.289 e. The summed E-state index contributed by atoms with van der Waals surface area (Å²) in [5.41, 5.74) is 5.28. The minimum absolute atomic E-state index is 0.160. The number of likely N-dealkylation sites (tertiary alicyclic amines) is 1. The molecule has 0 aliphatic carbocycles. The lowest BCUT2D eigenvalue weighted by molar-refractivity contribution is -0.139. The predicted molar refractivity (Wildman–Crippen MR) is 123 cm³/mol. The maximum Gasteiger partial charge on any atom is 0.289 e. The molecule has 1 heterocycles. The lowest BCUT2D eigenvalue weighted by Crippen LogP contribution is -2.49. The summed E-state index contributed by atoms with van der Waals surface area (Å²) in [6.07, 6.45) is 6.75. The van der Waals surface area contributed by atoms with Crippen LogP contribution in [0, 0.1) is 0 Å². The fourth-order valence-corrected chi connectivity index (χ4v) is 2.44. The van der Waals surface area contributed by atoms with Crippen LogP contribution in [-0.2, 0) is 19.2 Å². The first kappa shape index (κ1) is 32.4. The second-order valence-electron chi connectivity index (χ2n) is 5.94. The number of unbranched alkanes of at least 4 members (excludes halogenated alkanes) is 2. The molecule has 0 aromatic rings. The van der Waals surface area contributed by atoms with Gasteiger partial charge in [-0.2, -0.15) is 0 Å². The molecule has 1 saturated heterocycles. The lowest BCUT2D eigenvalue weighted by atomic mass is 10.2. The summed E-state index contributed by atoms with van der Waals surface area (Å²) in [6, 6.07) is -0.620. The highest BCUT2D eigenvalue weighted by Gasteiger charge is 2.33. The SMILES string of the molecule is C=CCNC(=O)C(=O)CNC(=O)C1CCCN1C(=O)CN.CC.CC.CCCCC. The van der Waals surface area contributed by atoms with Crippen molar-refractivity contribution < 1.29 is 19.2 Å². The third kappa shape index (κ3) is 14.7. The number of ketones is 1. The number of carbonyl (C=O) groups is 4. The number of rotatable bonds is 9. The van der Waals surface area contributed by atoms with E-state index in [4.69, 9.17) is 5.73 Å². The molecule has 3 amide bonds. The molecule has 1 rings (SSSR count). The minimum atomic E-state index is -0.781. The van der Waals surface area contributed by atoms with E-state index < -0.39 is 30.2 Å². The summed E-state index contributed by atoms with van der Waals surface area (Å²) >= 11 is 0. The third-order valence-electron chi connectivity index (χ3n) is 3.84. The van der Waals surface area contributed by atoms with Gasteiger partial charge in [-0.05, 0) is 12.8 Å². The van der Waals surface area contributed by atoms with Gasteiger partial charge in [0.05, 0.1) is 13.1 Å². The molecule has 1 aliphatic heterocycles. The monoisotopic (exact) mass is 428 g/mol. The van der Waals surface area contributed by atoms with Crippen molar-refractivity contribution in [3.05, 3.63) is 12.7 Å². The van der Waals surface area contributed by atoms with Gasteiger partial charge in [-0.25, -0.2) is 0 Å². The van der Waals surface area contributed by atoms with Crippen molar-refractivity contribution in [3.8, 4) is 0 Å². The second-order valence-corrected chi connectivity index (χ2v) is 5.94. The van der Waals surface area contributed by atoms with Gasteiger partial charge in [-0.3, -0.25) is 19.2 Å². The normalized spacial score (nSPS) is 13.8. The predicted octanol–water partition coefficient (Wildman–Crippen LogP) is 2.17. The van der Waals surface area contributed by atoms with Gasteiger partial charge in [0, 0.05) is 13.1 Å². The minimum Gasteiger partial charge on any atom is -0.347 e. The van der Waals surface area contributed by atoms with Crippen LogP contribution in [0.1, 0.15) is 73.6 Å². The fourth-order valence-electron chi connectivity index (χ4n) is 2.44. The number of Topliss-reactive ketones (excluding diaryl/α,β-unsaturated/α-hetero) is 1. The molecule has 30 heavy (non-hydrogen) atoms. The van der Waals surface area contributed by atoms with Crippen molar-refractivity contribution in [2.24, 2.45) is 5.73 Å². The fraction of sp³-hybridized carbons (Fsp3) is 0.727. The number of amides is 3. The molecule has 1 unspecified atom stereocenters. The van der Waals surface area contributed by atoms with Crippen LogP contribution in [0.3, 0.4) is 0 Å². The Bertz CT molecular complexity index is 494. The second kappa shape index (κ2) is 23.1. The van der Waals surface area contributed by atoms with E-state index in [0.717, 1.165) is 0 Å². The molecule has 1 aliphatic rings. The molecule has 0 bridgehead atoms. The van der Waals surface area contributed by atoms with Crippen molar-refractivity contribution in [2.75, 3.05) is 26.2 Å². The summed E-state index contributed by atoms with van der Waals surface area (Å²) in [5, 5.41) is 4.70. The van der Waals surface area contributed by atoms with Crippen LogP contribution in [-0.4, -0.2) is 60.6 Å². The van der Waals surface area contributed by atoms with Crippen LogP contribution in [0.2, 0.25) is 0 Å². The molecule has 0 aromatic heterocycles. The zero-order valence-electron chi connectivity index (χ0n) is 19.9. The largest absolute Gasteiger partial charge is 0.347 e. The highest BCUT2D eigenvalue weighted by atomic mass is 16.2. The van der Waals surface area contributed by atoms with Gasteiger partial charge in [0.15, 0.2) is 0 Å². The molecule has 8 heteroatoms. The summed E-state index contributed by atoms with van der Waals surface area (Å²) < 4.78 is 0. The van der Waals surface area contributed by atoms with E-state index in [9.17, 15) is 19.2 Å². The molecule has 0 aromatic carbocycles. The van der Waals surface area contributed by atoms with E-state index in [1.807, 2.05) is 27.7 Å². The lowest BCUT2D eigenvalue weighted by Gasteiger charge is -2.23. The number of carbonyl (C=O) groups excluding carboxylic acids is 4. The highest BCUT2D eigenvalue weighted by Crippen LogP contribution is 2.17. The Morgan fingerprint density at radius 1 is 1.07 bits per heavy atom. The van der Waals surface area contributed by atoms with Crippen LogP contribution >= 0.6 is 0 Å². The molecular formula is C22H44N4O4. The number of hydrogen-bond acceptors (Lipinski definition) is 5. The van der Waals surface area contributed by atoms with E-state index in [1.54, 1.807) is 0 Å². The number of nitrogens with two attached hydrogens (primary N) is 1. The third-order valence-corrected chi connectivity index (χ3v) is 3.84. The molecule has 0 spiro atoms. The van der Waals surface area contributed by atoms with Gasteiger partial charge in [0.1, 0.15) is 6.04 Å². The Kier molecular flexibility index (Phi) is 24.9. The maximum atomic E-state index is 12.0. The molecule has 1 fully saturated rings. The first-order valence-electron chi connectivity index (χ1n) is 11.1. The first-order chi connectivity index (χ1) is 14.4. The zero-order valence-corrected chi connectivity index (χ0v) is 19.9. The van der Waals surface area contributed by atoms with E-state index in [0.29, 0.717) is 19.4 Å². The standard InChI is InChI=1S/C13H20N4O4.C5H12.2C2H6/c1-2-5-15-13(21)10(18)8-16-12(20)9-4-3-6-17(9)11(19)7-14;1-3-5-4-2;2*1-2/h2,9H,1,3-8,14H2,(H,15,21)(H,16,20);3-5H2,1-2H3;2*1-2H3. The topological polar surface area (TPSA) is 122 Å². The van der Waals surface area contributed by atoms with Crippen molar-refractivity contribution in [1.29, 1.82) is 0 Å². The van der Waals surface area contributed by atoms with Crippen molar-refractivity contribution in [1.82, 2.24) is 15.5 Å². The maximum absolute atomic E-state index is 12.0. The Balaban J connectivity index is -0.000000692. The number of nitrogens with one attached hydrogen (secondary N) is 2. The molecular weight excluding hydrogens is 384 g/mol. The summed E-state index contributed by atoms with van der Waals surface area (Å²) in [5.74, 6) is -2.28. The Labute approximate surface area is 183 Å². The summed E-state index contributed by atoms with van der Waals surface area (Å²) in [4.78, 5) is 47.7. The Hall–Kier alpha value is -2.22. The summed E-state index contributed by atoms with van der Waals surface area (Å²) in [7, 11) is 0. The van der Waals surface area contributed by atoms with Crippen LogP contribution in [0.4, 0.5) is 0 Å². The Morgan fingerprint density at radius 3 is 2.07 bits per heavy atom.